The number of rotatable bonds is 6. The molecule has 1 heterocycles. The van der Waals surface area contributed by atoms with Gasteiger partial charge < -0.3 is 10.1 Å². The minimum atomic E-state index is -0.162. The van der Waals surface area contributed by atoms with E-state index < -0.39 is 0 Å². The van der Waals surface area contributed by atoms with Crippen molar-refractivity contribution in [1.29, 1.82) is 0 Å². The Morgan fingerprint density at radius 2 is 1.78 bits per heavy atom. The molecule has 0 spiro atoms. The molecular weight excluding hydrogens is 450 g/mol. The van der Waals surface area contributed by atoms with Crippen LogP contribution in [0.5, 0.6) is 0 Å². The number of carbonyl (C=O) groups excluding carboxylic acids is 2. The first-order chi connectivity index (χ1) is 17.3. The van der Waals surface area contributed by atoms with E-state index in [0.717, 1.165) is 36.7 Å². The first-order valence-electron chi connectivity index (χ1n) is 14.6. The topological polar surface area (TPSA) is 73.2 Å². The molecular formula is C30H49N3O3. The summed E-state index contributed by atoms with van der Waals surface area (Å²) in [4.78, 5) is 25.4. The number of amides is 1. The van der Waals surface area contributed by atoms with Crippen molar-refractivity contribution in [2.75, 3.05) is 20.8 Å². The fraction of sp³-hybridized carbons (Fsp3) is 0.833. The van der Waals surface area contributed by atoms with E-state index in [4.69, 9.17) is 4.74 Å². The van der Waals surface area contributed by atoms with Gasteiger partial charge in [-0.05, 0) is 98.2 Å². The highest BCUT2D eigenvalue weighted by Crippen LogP contribution is 2.67. The highest BCUT2D eigenvalue weighted by atomic mass is 16.5. The van der Waals surface area contributed by atoms with Gasteiger partial charge in [-0.3, -0.25) is 14.3 Å². The zero-order valence-electron chi connectivity index (χ0n) is 23.5. The molecule has 0 aliphatic heterocycles. The second kappa shape index (κ2) is 11.0. The number of carbonyl (C=O) groups is 2. The van der Waals surface area contributed by atoms with Gasteiger partial charge in [-0.15, -0.1) is 0 Å². The molecule has 4 fully saturated rings. The van der Waals surface area contributed by atoms with Crippen LogP contribution in [0.15, 0.2) is 12.4 Å². The highest BCUT2D eigenvalue weighted by Gasteiger charge is 2.61. The lowest BCUT2D eigenvalue weighted by Gasteiger charge is -2.61. The summed E-state index contributed by atoms with van der Waals surface area (Å²) in [6.45, 7) is 10.2. The van der Waals surface area contributed by atoms with Crippen molar-refractivity contribution in [3.63, 3.8) is 0 Å². The van der Waals surface area contributed by atoms with Gasteiger partial charge in [0.25, 0.3) is 5.91 Å². The molecule has 8 atom stereocenters. The molecule has 4 aliphatic rings. The summed E-state index contributed by atoms with van der Waals surface area (Å²) in [5.74, 6) is 4.13. The molecule has 1 N–H and O–H groups in total. The van der Waals surface area contributed by atoms with Crippen molar-refractivity contribution in [3.05, 3.63) is 18.0 Å². The smallest absolute Gasteiger partial charge is 0.254 e. The van der Waals surface area contributed by atoms with Crippen LogP contribution in [0.2, 0.25) is 0 Å². The van der Waals surface area contributed by atoms with Crippen molar-refractivity contribution >= 4 is 11.7 Å². The van der Waals surface area contributed by atoms with Crippen molar-refractivity contribution in [2.45, 2.75) is 92.0 Å². The van der Waals surface area contributed by atoms with Gasteiger partial charge in [0, 0.05) is 32.9 Å². The number of fused-ring (bicyclic) bond motifs is 5. The molecule has 8 unspecified atom stereocenters. The molecule has 0 bridgehead atoms. The largest absolute Gasteiger partial charge is 0.384 e. The van der Waals surface area contributed by atoms with Crippen LogP contribution in [0.3, 0.4) is 0 Å². The van der Waals surface area contributed by atoms with Crippen molar-refractivity contribution in [2.24, 2.45) is 46.3 Å². The lowest BCUT2D eigenvalue weighted by atomic mass is 9.44. The highest BCUT2D eigenvalue weighted by molar-refractivity contribution is 5.93. The number of hydrogen-bond donors (Lipinski definition) is 1. The van der Waals surface area contributed by atoms with Crippen LogP contribution < -0.4 is 5.32 Å². The van der Waals surface area contributed by atoms with E-state index in [1.807, 2.05) is 21.0 Å². The monoisotopic (exact) mass is 499 g/mol. The van der Waals surface area contributed by atoms with Crippen LogP contribution in [0.4, 0.5) is 0 Å². The van der Waals surface area contributed by atoms with Gasteiger partial charge in [0.1, 0.15) is 0 Å². The molecule has 0 aromatic carbocycles. The Labute approximate surface area is 218 Å². The van der Waals surface area contributed by atoms with Crippen molar-refractivity contribution in [1.82, 2.24) is 15.1 Å². The standard InChI is InChI=1S/C28H43N3O3.C2H6/c1-27-11-9-18(17-34-4)13-20(27)5-6-21-22-7-8-24(28(22,2)12-10-23(21)27)25(32)16-31-15-19(14-30-31)26(33)29-3;1-2/h14-15,18,20-24H,5-13,16-17H2,1-4H3,(H,29,33);1-2H3. The summed E-state index contributed by atoms with van der Waals surface area (Å²) in [7, 11) is 3.46. The third-order valence-electron chi connectivity index (χ3n) is 11.0. The molecule has 202 valence electrons. The van der Waals surface area contributed by atoms with Gasteiger partial charge in [0.05, 0.1) is 18.3 Å². The van der Waals surface area contributed by atoms with Crippen molar-refractivity contribution < 1.29 is 14.3 Å². The van der Waals surface area contributed by atoms with Crippen LogP contribution in [0.25, 0.3) is 0 Å². The third kappa shape index (κ3) is 4.68. The minimum absolute atomic E-state index is 0.117. The van der Waals surface area contributed by atoms with Crippen LogP contribution in [-0.2, 0) is 16.1 Å². The number of nitrogens with one attached hydrogen (secondary N) is 1. The van der Waals surface area contributed by atoms with Crippen molar-refractivity contribution in [3.8, 4) is 0 Å². The van der Waals surface area contributed by atoms with Gasteiger partial charge in [0.15, 0.2) is 5.78 Å². The third-order valence-corrected chi connectivity index (χ3v) is 11.0. The van der Waals surface area contributed by atoms with E-state index in [-0.39, 0.29) is 23.8 Å². The second-order valence-electron chi connectivity index (χ2n) is 12.4. The average Bonchev–Trinajstić information content (AvgIpc) is 3.49. The normalized spacial score (nSPS) is 39.2. The Morgan fingerprint density at radius 3 is 2.50 bits per heavy atom. The second-order valence-corrected chi connectivity index (χ2v) is 12.4. The maximum atomic E-state index is 13.5. The molecule has 0 radical (unpaired) electrons. The number of ketones is 1. The first-order valence-corrected chi connectivity index (χ1v) is 14.6. The number of hydrogen-bond acceptors (Lipinski definition) is 4. The van der Waals surface area contributed by atoms with E-state index in [9.17, 15) is 9.59 Å². The molecule has 1 aromatic rings. The van der Waals surface area contributed by atoms with Crippen LogP contribution in [0.1, 0.15) is 95.8 Å². The maximum absolute atomic E-state index is 13.5. The number of ether oxygens (including phenoxy) is 1. The Balaban J connectivity index is 0.00000148. The molecule has 1 aromatic heterocycles. The molecule has 4 saturated carbocycles. The Morgan fingerprint density at radius 1 is 1.06 bits per heavy atom. The predicted molar refractivity (Wildman–Crippen MR) is 143 cm³/mol. The van der Waals surface area contributed by atoms with Gasteiger partial charge in [-0.1, -0.05) is 27.7 Å². The SMILES string of the molecule is CC.CNC(=O)c1cnn(CC(=O)C2CCC3C4CCC5CC(COC)CCC5(C)C4CCC23C)c1. The Hall–Kier alpha value is -1.69. The van der Waals surface area contributed by atoms with Crippen LogP contribution in [-0.4, -0.2) is 42.2 Å². The van der Waals surface area contributed by atoms with Crippen LogP contribution >= 0.6 is 0 Å². The van der Waals surface area contributed by atoms with Crippen LogP contribution in [0, 0.1) is 46.3 Å². The summed E-state index contributed by atoms with van der Waals surface area (Å²) in [6, 6.07) is 0. The van der Waals surface area contributed by atoms with Gasteiger partial charge in [-0.25, -0.2) is 0 Å². The Kier molecular flexibility index (Phi) is 8.33. The van der Waals surface area contributed by atoms with E-state index >= 15 is 0 Å². The first kappa shape index (κ1) is 27.3. The summed E-state index contributed by atoms with van der Waals surface area (Å²) in [5, 5.41) is 6.91. The minimum Gasteiger partial charge on any atom is -0.384 e. The molecule has 36 heavy (non-hydrogen) atoms. The van der Waals surface area contributed by atoms with Gasteiger partial charge >= 0.3 is 0 Å². The average molecular weight is 500 g/mol. The fourth-order valence-corrected chi connectivity index (χ4v) is 9.24. The molecule has 6 nitrogen and oxygen atoms in total. The van der Waals surface area contributed by atoms with Gasteiger partial charge in [-0.2, -0.15) is 5.10 Å². The lowest BCUT2D eigenvalue weighted by Crippen LogP contribution is -2.54. The van der Waals surface area contributed by atoms with E-state index in [0.29, 0.717) is 22.7 Å². The molecule has 6 heteroatoms. The lowest BCUT2D eigenvalue weighted by molar-refractivity contribution is -0.138. The number of methoxy groups -OCH3 is 1. The summed E-state index contributed by atoms with van der Waals surface area (Å²) in [5.41, 5.74) is 1.10. The Bertz CT molecular complexity index is 928. The zero-order valence-corrected chi connectivity index (χ0v) is 23.5. The fourth-order valence-electron chi connectivity index (χ4n) is 9.24. The quantitative estimate of drug-likeness (QED) is 0.540. The van der Waals surface area contributed by atoms with Gasteiger partial charge in [0.2, 0.25) is 0 Å². The number of aromatic nitrogens is 2. The summed E-state index contributed by atoms with van der Waals surface area (Å²) < 4.78 is 7.16. The maximum Gasteiger partial charge on any atom is 0.254 e. The molecule has 4 aliphatic carbocycles. The molecule has 5 rings (SSSR count). The summed E-state index contributed by atoms with van der Waals surface area (Å²) >= 11 is 0. The van der Waals surface area contributed by atoms with E-state index in [2.05, 4.69) is 24.3 Å². The van der Waals surface area contributed by atoms with E-state index in [1.54, 1.807) is 24.1 Å². The summed E-state index contributed by atoms with van der Waals surface area (Å²) in [6.07, 6.45) is 14.7. The number of nitrogens with zero attached hydrogens (tertiary/aromatic N) is 2. The zero-order chi connectivity index (χ0) is 26.1. The molecule has 0 saturated heterocycles. The number of Topliss-reactive ketones (excluding diaryl/α,β-unsaturated/α-hetero) is 1. The van der Waals surface area contributed by atoms with E-state index in [1.165, 1.54) is 51.4 Å². The predicted octanol–water partition coefficient (Wildman–Crippen LogP) is 5.76. The molecule has 1 amide bonds.